The molecule has 0 amide bonds. The molecule has 3 heterocycles. The van der Waals surface area contributed by atoms with Crippen LogP contribution in [0, 0.1) is 12.7 Å². The van der Waals surface area contributed by atoms with Crippen LogP contribution in [0.2, 0.25) is 0 Å². The zero-order valence-electron chi connectivity index (χ0n) is 13.7. The van der Waals surface area contributed by atoms with E-state index < -0.39 is 5.82 Å². The van der Waals surface area contributed by atoms with Crippen molar-refractivity contribution >= 4 is 17.5 Å². The van der Waals surface area contributed by atoms with Crippen LogP contribution in [0.1, 0.15) is 23.7 Å². The number of ether oxygens (including phenoxy) is 2. The second-order valence-corrected chi connectivity index (χ2v) is 6.03. The Morgan fingerprint density at radius 1 is 1.33 bits per heavy atom. The van der Waals surface area contributed by atoms with Gasteiger partial charge in [-0.1, -0.05) is 0 Å². The summed E-state index contributed by atoms with van der Waals surface area (Å²) in [6.45, 7) is 3.90. The summed E-state index contributed by atoms with van der Waals surface area (Å²) in [5.41, 5.74) is 2.05. The number of nitrogens with zero attached hydrogens (tertiary/aromatic N) is 3. The van der Waals surface area contributed by atoms with Crippen LogP contribution in [-0.4, -0.2) is 36.8 Å². The van der Waals surface area contributed by atoms with Crippen molar-refractivity contribution in [3.05, 3.63) is 35.3 Å². The predicted molar refractivity (Wildman–Crippen MR) is 88.5 cm³/mol. The van der Waals surface area contributed by atoms with Crippen LogP contribution < -0.4 is 15.0 Å². The van der Waals surface area contributed by atoms with Gasteiger partial charge in [-0.25, -0.2) is 9.37 Å². The molecule has 4 rings (SSSR count). The highest BCUT2D eigenvalue weighted by atomic mass is 19.1. The van der Waals surface area contributed by atoms with Crippen molar-refractivity contribution in [2.24, 2.45) is 0 Å². The smallest absolute Gasteiger partial charge is 0.229 e. The zero-order chi connectivity index (χ0) is 16.7. The van der Waals surface area contributed by atoms with Crippen LogP contribution in [0.25, 0.3) is 0 Å². The van der Waals surface area contributed by atoms with Gasteiger partial charge >= 0.3 is 0 Å². The van der Waals surface area contributed by atoms with E-state index in [1.807, 2.05) is 13.0 Å². The van der Waals surface area contributed by atoms with Crippen molar-refractivity contribution < 1.29 is 13.9 Å². The average molecular weight is 330 g/mol. The van der Waals surface area contributed by atoms with Crippen LogP contribution in [0.4, 0.5) is 21.8 Å². The van der Waals surface area contributed by atoms with E-state index in [9.17, 15) is 4.39 Å². The topological polar surface area (TPSA) is 59.5 Å². The Labute approximate surface area is 139 Å². The second kappa shape index (κ2) is 5.90. The molecule has 2 aliphatic rings. The van der Waals surface area contributed by atoms with Crippen LogP contribution in [0.15, 0.2) is 18.2 Å². The lowest BCUT2D eigenvalue weighted by Crippen LogP contribution is -2.31. The molecule has 1 fully saturated rings. The van der Waals surface area contributed by atoms with Gasteiger partial charge < -0.3 is 19.7 Å². The quantitative estimate of drug-likeness (QED) is 0.867. The van der Waals surface area contributed by atoms with E-state index in [1.165, 1.54) is 6.07 Å². The lowest BCUT2D eigenvalue weighted by atomic mass is 10.0. The molecule has 0 aliphatic carbocycles. The van der Waals surface area contributed by atoms with Gasteiger partial charge in [0.25, 0.3) is 0 Å². The number of halogens is 1. The zero-order valence-corrected chi connectivity index (χ0v) is 13.7. The Morgan fingerprint density at radius 2 is 2.21 bits per heavy atom. The summed E-state index contributed by atoms with van der Waals surface area (Å²) >= 11 is 0. The molecule has 24 heavy (non-hydrogen) atoms. The summed E-state index contributed by atoms with van der Waals surface area (Å²) in [4.78, 5) is 11.1. The molecular formula is C17H19FN4O2. The molecule has 4 bridgehead atoms. The average Bonchev–Trinajstić information content (AvgIpc) is 2.79. The largest absolute Gasteiger partial charge is 0.496 e. The fourth-order valence-corrected chi connectivity index (χ4v) is 3.29. The van der Waals surface area contributed by atoms with Gasteiger partial charge in [-0.05, 0) is 19.4 Å². The minimum absolute atomic E-state index is 0.0937. The first-order chi connectivity index (χ1) is 11.7. The number of anilines is 3. The molecule has 2 aromatic rings. The summed E-state index contributed by atoms with van der Waals surface area (Å²) in [7, 11) is 1.55. The summed E-state index contributed by atoms with van der Waals surface area (Å²) < 4.78 is 25.6. The maximum atomic E-state index is 14.4. The lowest BCUT2D eigenvalue weighted by Gasteiger charge is -2.31. The maximum Gasteiger partial charge on any atom is 0.229 e. The molecule has 0 spiro atoms. The van der Waals surface area contributed by atoms with Crippen molar-refractivity contribution in [3.63, 3.8) is 0 Å². The third kappa shape index (κ3) is 2.54. The fraction of sp³-hybridized carbons (Fsp3) is 0.412. The van der Waals surface area contributed by atoms with Crippen LogP contribution in [0.3, 0.4) is 0 Å². The SMILES string of the molecule is COc1cc(F)c2cc1[C@H]1COCCCN1c1cc(C)nc(n1)N2. The number of benzene rings is 1. The van der Waals surface area contributed by atoms with Crippen molar-refractivity contribution in [1.82, 2.24) is 9.97 Å². The van der Waals surface area contributed by atoms with Gasteiger partial charge in [-0.15, -0.1) is 0 Å². The maximum absolute atomic E-state index is 14.4. The molecule has 1 aromatic heterocycles. The van der Waals surface area contributed by atoms with Crippen LogP contribution in [-0.2, 0) is 4.74 Å². The van der Waals surface area contributed by atoms with Crippen LogP contribution in [0.5, 0.6) is 5.75 Å². The highest BCUT2D eigenvalue weighted by Gasteiger charge is 2.30. The van der Waals surface area contributed by atoms with Gasteiger partial charge in [0, 0.05) is 36.5 Å². The summed E-state index contributed by atoms with van der Waals surface area (Å²) in [6, 6.07) is 5.03. The molecule has 1 N–H and O–H groups in total. The monoisotopic (exact) mass is 330 g/mol. The number of aromatic nitrogens is 2. The Kier molecular flexibility index (Phi) is 3.72. The summed E-state index contributed by atoms with van der Waals surface area (Å²) in [5, 5.41) is 2.99. The van der Waals surface area contributed by atoms with Gasteiger partial charge in [0.15, 0.2) is 0 Å². The highest BCUT2D eigenvalue weighted by molar-refractivity contribution is 5.63. The van der Waals surface area contributed by atoms with Crippen LogP contribution >= 0.6 is 0 Å². The normalized spacial score (nSPS) is 19.3. The van der Waals surface area contributed by atoms with Crippen molar-refractivity contribution in [2.45, 2.75) is 19.4 Å². The first kappa shape index (κ1) is 15.1. The van der Waals surface area contributed by atoms with Crippen molar-refractivity contribution in [2.75, 3.05) is 37.1 Å². The minimum Gasteiger partial charge on any atom is -0.496 e. The Balaban J connectivity index is 1.96. The number of aryl methyl sites for hydroxylation is 1. The summed E-state index contributed by atoms with van der Waals surface area (Å²) in [5.74, 6) is 1.32. The molecule has 0 saturated carbocycles. The second-order valence-electron chi connectivity index (χ2n) is 6.03. The molecule has 2 aliphatic heterocycles. The molecule has 6 nitrogen and oxygen atoms in total. The molecule has 1 atom stereocenters. The molecule has 7 heteroatoms. The van der Waals surface area contributed by atoms with Gasteiger partial charge in [0.1, 0.15) is 17.4 Å². The highest BCUT2D eigenvalue weighted by Crippen LogP contribution is 2.39. The molecule has 1 saturated heterocycles. The van der Waals surface area contributed by atoms with E-state index in [1.54, 1.807) is 13.2 Å². The summed E-state index contributed by atoms with van der Waals surface area (Å²) in [6.07, 6.45) is 0.901. The van der Waals surface area contributed by atoms with Gasteiger partial charge in [0.05, 0.1) is 25.4 Å². The number of fused-ring (bicyclic) bond motifs is 7. The third-order valence-corrected chi connectivity index (χ3v) is 4.40. The van der Waals surface area contributed by atoms with E-state index in [4.69, 9.17) is 9.47 Å². The fourth-order valence-electron chi connectivity index (χ4n) is 3.29. The Morgan fingerprint density at radius 3 is 3.04 bits per heavy atom. The minimum atomic E-state index is -0.398. The number of methoxy groups -OCH3 is 1. The number of nitrogens with one attached hydrogen (secondary N) is 1. The van der Waals surface area contributed by atoms with Crippen molar-refractivity contribution in [1.29, 1.82) is 0 Å². The van der Waals surface area contributed by atoms with E-state index in [0.29, 0.717) is 30.6 Å². The van der Waals surface area contributed by atoms with E-state index in [-0.39, 0.29) is 6.04 Å². The molecular weight excluding hydrogens is 311 g/mol. The lowest BCUT2D eigenvalue weighted by molar-refractivity contribution is 0.133. The Bertz CT molecular complexity index is 783. The van der Waals surface area contributed by atoms with Gasteiger partial charge in [-0.3, -0.25) is 0 Å². The first-order valence-corrected chi connectivity index (χ1v) is 8.00. The molecule has 0 unspecified atom stereocenters. The van der Waals surface area contributed by atoms with E-state index in [2.05, 4.69) is 20.2 Å². The van der Waals surface area contributed by atoms with E-state index >= 15 is 0 Å². The molecule has 1 aromatic carbocycles. The predicted octanol–water partition coefficient (Wildman–Crippen LogP) is 2.96. The molecule has 0 radical (unpaired) electrons. The van der Waals surface area contributed by atoms with Gasteiger partial charge in [-0.2, -0.15) is 4.98 Å². The van der Waals surface area contributed by atoms with Gasteiger partial charge in [0.2, 0.25) is 5.95 Å². The number of rotatable bonds is 1. The standard InChI is InChI=1S/C17H19FN4O2/c1-10-6-16-21-17(19-10)20-13-7-11(15(23-2)8-12(13)18)14-9-24-5-3-4-22(14)16/h6-8,14H,3-5,9H2,1-2H3,(H,19,20,21)/t14-/m1/s1. The van der Waals surface area contributed by atoms with Crippen molar-refractivity contribution in [3.8, 4) is 5.75 Å². The van der Waals surface area contributed by atoms with E-state index in [0.717, 1.165) is 30.0 Å². The Hall–Kier alpha value is -2.41. The molecule has 126 valence electrons. The first-order valence-electron chi connectivity index (χ1n) is 8.00. The number of hydrogen-bond donors (Lipinski definition) is 1. The number of hydrogen-bond acceptors (Lipinski definition) is 6. The third-order valence-electron chi connectivity index (χ3n) is 4.40.